The molecule has 0 aliphatic heterocycles. The molecule has 1 aliphatic carbocycles. The molecule has 3 aromatic rings. The summed E-state index contributed by atoms with van der Waals surface area (Å²) in [7, 11) is 0. The Morgan fingerprint density at radius 3 is 2.84 bits per heavy atom. The maximum atomic E-state index is 12.0. The molecule has 5 nitrogen and oxygen atoms in total. The Balaban J connectivity index is 1.71. The summed E-state index contributed by atoms with van der Waals surface area (Å²) < 4.78 is 7.57. The lowest BCUT2D eigenvalue weighted by atomic mass is 9.95. The molecule has 4 rings (SSSR count). The van der Waals surface area contributed by atoms with E-state index in [1.165, 1.54) is 18.4 Å². The third-order valence-electron chi connectivity index (χ3n) is 4.68. The number of benzene rings is 1. The van der Waals surface area contributed by atoms with Crippen LogP contribution in [0.5, 0.6) is 0 Å². The van der Waals surface area contributed by atoms with Crippen molar-refractivity contribution in [2.24, 2.45) is 0 Å². The van der Waals surface area contributed by atoms with E-state index in [9.17, 15) is 4.79 Å². The lowest BCUT2D eigenvalue weighted by Gasteiger charge is -2.13. The number of hydrogen-bond donors (Lipinski definition) is 0. The molecule has 25 heavy (non-hydrogen) atoms. The summed E-state index contributed by atoms with van der Waals surface area (Å²) in [4.78, 5) is 12.0. The number of aromatic nitrogens is 3. The van der Waals surface area contributed by atoms with E-state index in [4.69, 9.17) is 4.42 Å². The van der Waals surface area contributed by atoms with Crippen LogP contribution in [0.25, 0.3) is 11.0 Å². The van der Waals surface area contributed by atoms with Crippen LogP contribution in [0.2, 0.25) is 0 Å². The first-order valence-electron chi connectivity index (χ1n) is 8.62. The zero-order valence-electron chi connectivity index (χ0n) is 14.7. The van der Waals surface area contributed by atoms with Gasteiger partial charge in [-0.15, -0.1) is 10.2 Å². The molecule has 2 heterocycles. The van der Waals surface area contributed by atoms with Crippen LogP contribution in [-0.4, -0.2) is 14.8 Å². The van der Waals surface area contributed by atoms with Crippen molar-refractivity contribution in [2.45, 2.75) is 56.5 Å². The predicted octanol–water partition coefficient (Wildman–Crippen LogP) is 4.44. The summed E-state index contributed by atoms with van der Waals surface area (Å²) in [5, 5.41) is 10.2. The minimum Gasteiger partial charge on any atom is -0.423 e. The molecule has 0 bridgehead atoms. The minimum atomic E-state index is -0.302. The molecule has 0 atom stereocenters. The van der Waals surface area contributed by atoms with Gasteiger partial charge in [0.15, 0.2) is 5.16 Å². The van der Waals surface area contributed by atoms with E-state index < -0.39 is 0 Å². The molecule has 1 saturated carbocycles. The second kappa shape index (κ2) is 6.33. The topological polar surface area (TPSA) is 60.9 Å². The van der Waals surface area contributed by atoms with Crippen molar-refractivity contribution in [3.63, 3.8) is 0 Å². The van der Waals surface area contributed by atoms with Crippen molar-refractivity contribution in [2.75, 3.05) is 0 Å². The van der Waals surface area contributed by atoms with Gasteiger partial charge < -0.3 is 8.98 Å². The summed E-state index contributed by atoms with van der Waals surface area (Å²) >= 11 is 1.63. The van der Waals surface area contributed by atoms with Gasteiger partial charge in [-0.3, -0.25) is 0 Å². The fourth-order valence-corrected chi connectivity index (χ4v) is 4.19. The number of rotatable bonds is 5. The average Bonchev–Trinajstić information content (AvgIpc) is 3.29. The SMILES string of the molecule is Cc1cc2oc(=O)cc(CSc3nncn3C3CC3)c2cc1C(C)C. The lowest BCUT2D eigenvalue weighted by molar-refractivity contribution is 0.559. The first-order valence-corrected chi connectivity index (χ1v) is 9.61. The zero-order valence-corrected chi connectivity index (χ0v) is 15.5. The first kappa shape index (κ1) is 16.4. The summed E-state index contributed by atoms with van der Waals surface area (Å²) in [6.45, 7) is 6.42. The Hall–Kier alpha value is -2.08. The molecular formula is C19H21N3O2S. The van der Waals surface area contributed by atoms with Gasteiger partial charge in [0.2, 0.25) is 0 Å². The number of fused-ring (bicyclic) bond motifs is 1. The third kappa shape index (κ3) is 3.23. The molecule has 1 aliphatic rings. The summed E-state index contributed by atoms with van der Waals surface area (Å²) in [6, 6.07) is 6.30. The van der Waals surface area contributed by atoms with E-state index in [0.717, 1.165) is 21.7 Å². The van der Waals surface area contributed by atoms with Gasteiger partial charge in [-0.05, 0) is 54.5 Å². The van der Waals surface area contributed by atoms with Crippen molar-refractivity contribution >= 4 is 22.7 Å². The molecule has 2 aromatic heterocycles. The quantitative estimate of drug-likeness (QED) is 0.500. The molecule has 0 saturated heterocycles. The highest BCUT2D eigenvalue weighted by molar-refractivity contribution is 7.98. The van der Waals surface area contributed by atoms with Crippen LogP contribution < -0.4 is 5.63 Å². The van der Waals surface area contributed by atoms with Crippen molar-refractivity contribution in [1.29, 1.82) is 0 Å². The Morgan fingerprint density at radius 1 is 1.32 bits per heavy atom. The standard InChI is InChI=1S/C19H21N3O2S/c1-11(2)15-8-16-13(7-18(23)24-17(16)6-12(15)3)9-25-19-21-20-10-22(19)14-4-5-14/h6-8,10-11,14H,4-5,9H2,1-3H3. The lowest BCUT2D eigenvalue weighted by Crippen LogP contribution is -2.02. The number of thioether (sulfide) groups is 1. The van der Waals surface area contributed by atoms with Crippen LogP contribution in [0.4, 0.5) is 0 Å². The number of aryl methyl sites for hydroxylation is 1. The Labute approximate surface area is 150 Å². The highest BCUT2D eigenvalue weighted by Crippen LogP contribution is 2.38. The molecule has 0 unspecified atom stereocenters. The minimum absolute atomic E-state index is 0.302. The monoisotopic (exact) mass is 355 g/mol. The molecule has 6 heteroatoms. The van der Waals surface area contributed by atoms with Gasteiger partial charge >= 0.3 is 5.63 Å². The predicted molar refractivity (Wildman–Crippen MR) is 99.2 cm³/mol. The Morgan fingerprint density at radius 2 is 2.12 bits per heavy atom. The Kier molecular flexibility index (Phi) is 4.15. The van der Waals surface area contributed by atoms with Crippen molar-refractivity contribution in [3.05, 3.63) is 51.6 Å². The summed E-state index contributed by atoms with van der Waals surface area (Å²) in [5.41, 5.74) is 3.79. The molecule has 0 radical (unpaired) electrons. The smallest absolute Gasteiger partial charge is 0.336 e. The number of hydrogen-bond acceptors (Lipinski definition) is 5. The van der Waals surface area contributed by atoms with E-state index in [0.29, 0.717) is 23.3 Å². The van der Waals surface area contributed by atoms with E-state index in [-0.39, 0.29) is 5.63 Å². The van der Waals surface area contributed by atoms with Gasteiger partial charge in [0.25, 0.3) is 0 Å². The molecule has 130 valence electrons. The fraction of sp³-hybridized carbons (Fsp3) is 0.421. The van der Waals surface area contributed by atoms with Crippen molar-refractivity contribution in [3.8, 4) is 0 Å². The van der Waals surface area contributed by atoms with Crippen LogP contribution in [0.1, 0.15) is 55.3 Å². The zero-order chi connectivity index (χ0) is 17.6. The van der Waals surface area contributed by atoms with Gasteiger partial charge in [-0.25, -0.2) is 4.79 Å². The second-order valence-corrected chi connectivity index (χ2v) is 7.93. The van der Waals surface area contributed by atoms with Crippen molar-refractivity contribution in [1.82, 2.24) is 14.8 Å². The van der Waals surface area contributed by atoms with E-state index in [1.807, 2.05) is 6.07 Å². The van der Waals surface area contributed by atoms with Crippen LogP contribution in [-0.2, 0) is 5.75 Å². The molecule has 1 fully saturated rings. The molecule has 0 N–H and O–H groups in total. The van der Waals surface area contributed by atoms with E-state index >= 15 is 0 Å². The van der Waals surface area contributed by atoms with Crippen LogP contribution in [0.15, 0.2) is 38.9 Å². The van der Waals surface area contributed by atoms with Crippen LogP contribution >= 0.6 is 11.8 Å². The van der Waals surface area contributed by atoms with Crippen molar-refractivity contribution < 1.29 is 4.42 Å². The highest BCUT2D eigenvalue weighted by atomic mass is 32.2. The van der Waals surface area contributed by atoms with E-state index in [1.54, 1.807) is 24.2 Å². The van der Waals surface area contributed by atoms with Gasteiger partial charge in [-0.2, -0.15) is 0 Å². The molecule has 0 amide bonds. The highest BCUT2D eigenvalue weighted by Gasteiger charge is 2.26. The summed E-state index contributed by atoms with van der Waals surface area (Å²) in [6.07, 6.45) is 4.19. The van der Waals surface area contributed by atoms with Gasteiger partial charge in [0, 0.05) is 23.2 Å². The van der Waals surface area contributed by atoms with E-state index in [2.05, 4.69) is 41.6 Å². The third-order valence-corrected chi connectivity index (χ3v) is 5.68. The molecular weight excluding hydrogens is 334 g/mol. The maximum absolute atomic E-state index is 12.0. The fourth-order valence-electron chi connectivity index (χ4n) is 3.21. The normalized spacial score (nSPS) is 14.6. The van der Waals surface area contributed by atoms with Crippen LogP contribution in [0, 0.1) is 6.92 Å². The van der Waals surface area contributed by atoms with Gasteiger partial charge in [0.1, 0.15) is 11.9 Å². The van der Waals surface area contributed by atoms with Gasteiger partial charge in [-0.1, -0.05) is 25.6 Å². The second-order valence-electron chi connectivity index (χ2n) is 6.99. The van der Waals surface area contributed by atoms with Crippen LogP contribution in [0.3, 0.4) is 0 Å². The Bertz CT molecular complexity index is 986. The first-order chi connectivity index (χ1) is 12.0. The number of nitrogens with zero attached hydrogens (tertiary/aromatic N) is 3. The molecule has 0 spiro atoms. The maximum Gasteiger partial charge on any atom is 0.336 e. The van der Waals surface area contributed by atoms with Gasteiger partial charge in [0.05, 0.1) is 0 Å². The molecule has 1 aromatic carbocycles. The summed E-state index contributed by atoms with van der Waals surface area (Å²) in [5.74, 6) is 1.10. The average molecular weight is 355 g/mol. The largest absolute Gasteiger partial charge is 0.423 e.